The fraction of sp³-hybridized carbons (Fsp3) is 0.333. The van der Waals surface area contributed by atoms with Crippen molar-refractivity contribution in [3.63, 3.8) is 0 Å². The van der Waals surface area contributed by atoms with Gasteiger partial charge in [-0.15, -0.1) is 11.3 Å². The van der Waals surface area contributed by atoms with E-state index in [1.165, 1.54) is 11.3 Å². The second-order valence-electron chi connectivity index (χ2n) is 5.61. The maximum Gasteiger partial charge on any atom is 0.412 e. The molecule has 0 saturated heterocycles. The summed E-state index contributed by atoms with van der Waals surface area (Å²) in [5, 5.41) is 5.01. The third-order valence-corrected chi connectivity index (χ3v) is 3.32. The first-order chi connectivity index (χ1) is 10.3. The van der Waals surface area contributed by atoms with Crippen LogP contribution in [0, 0.1) is 0 Å². The minimum Gasteiger partial charge on any atom is -0.496 e. The number of nitrogens with zero attached hydrogens (tertiary/aromatic N) is 1. The van der Waals surface area contributed by atoms with Crippen molar-refractivity contribution in [3.05, 3.63) is 23.6 Å². The van der Waals surface area contributed by atoms with Gasteiger partial charge in [0.05, 0.1) is 12.8 Å². The molecular weight excluding hydrogens is 302 g/mol. The van der Waals surface area contributed by atoms with Crippen molar-refractivity contribution < 1.29 is 14.3 Å². The Labute approximate surface area is 133 Å². The summed E-state index contributed by atoms with van der Waals surface area (Å²) in [7, 11) is 1.58. The molecule has 0 spiro atoms. The molecule has 1 amide bonds. The van der Waals surface area contributed by atoms with Crippen LogP contribution in [0.4, 0.5) is 15.6 Å². The van der Waals surface area contributed by atoms with Crippen molar-refractivity contribution in [2.45, 2.75) is 26.4 Å². The van der Waals surface area contributed by atoms with Crippen molar-refractivity contribution in [1.82, 2.24) is 4.98 Å². The molecule has 2 aromatic rings. The highest BCUT2D eigenvalue weighted by Gasteiger charge is 2.17. The summed E-state index contributed by atoms with van der Waals surface area (Å²) in [4.78, 5) is 16.1. The summed E-state index contributed by atoms with van der Waals surface area (Å²) in [6.45, 7) is 5.43. The molecular formula is C15H19N3O3S. The molecule has 1 heterocycles. The number of methoxy groups -OCH3 is 1. The third kappa shape index (κ3) is 4.11. The summed E-state index contributed by atoms with van der Waals surface area (Å²) in [5.41, 5.74) is 7.17. The highest BCUT2D eigenvalue weighted by atomic mass is 32.1. The van der Waals surface area contributed by atoms with Gasteiger partial charge < -0.3 is 15.2 Å². The van der Waals surface area contributed by atoms with E-state index in [0.29, 0.717) is 22.3 Å². The van der Waals surface area contributed by atoms with Crippen LogP contribution in [0.2, 0.25) is 0 Å². The highest BCUT2D eigenvalue weighted by Crippen LogP contribution is 2.33. The van der Waals surface area contributed by atoms with Crippen LogP contribution in [0.3, 0.4) is 0 Å². The second-order valence-corrected chi connectivity index (χ2v) is 6.50. The van der Waals surface area contributed by atoms with Gasteiger partial charge in [-0.3, -0.25) is 5.32 Å². The molecule has 1 aromatic carbocycles. The summed E-state index contributed by atoms with van der Waals surface area (Å²) >= 11 is 1.35. The average molecular weight is 321 g/mol. The Bertz CT molecular complexity index is 677. The number of ether oxygens (including phenoxy) is 2. The van der Waals surface area contributed by atoms with Crippen LogP contribution in [0.1, 0.15) is 20.8 Å². The smallest absolute Gasteiger partial charge is 0.412 e. The molecule has 6 nitrogen and oxygen atoms in total. The third-order valence-electron chi connectivity index (χ3n) is 2.64. The van der Waals surface area contributed by atoms with E-state index in [4.69, 9.17) is 15.2 Å². The zero-order valence-electron chi connectivity index (χ0n) is 13.0. The van der Waals surface area contributed by atoms with E-state index in [-0.39, 0.29) is 0 Å². The molecule has 0 aliphatic heterocycles. The van der Waals surface area contributed by atoms with Gasteiger partial charge in [-0.05, 0) is 39.0 Å². The first-order valence-electron chi connectivity index (χ1n) is 6.68. The van der Waals surface area contributed by atoms with Crippen molar-refractivity contribution in [2.75, 3.05) is 18.2 Å². The summed E-state index contributed by atoms with van der Waals surface area (Å²) < 4.78 is 10.6. The van der Waals surface area contributed by atoms with Crippen LogP contribution in [0.25, 0.3) is 11.3 Å². The van der Waals surface area contributed by atoms with Crippen molar-refractivity contribution in [3.8, 4) is 17.0 Å². The van der Waals surface area contributed by atoms with Gasteiger partial charge in [-0.1, -0.05) is 0 Å². The first-order valence-corrected chi connectivity index (χ1v) is 7.56. The Morgan fingerprint density at radius 3 is 2.64 bits per heavy atom. The molecule has 0 saturated carbocycles. The molecule has 0 atom stereocenters. The number of hydrogen-bond donors (Lipinski definition) is 2. The average Bonchev–Trinajstić information content (AvgIpc) is 2.83. The van der Waals surface area contributed by atoms with E-state index in [1.54, 1.807) is 25.3 Å². The standard InChI is InChI=1S/C15H19N3O3S/c1-15(2,3)21-14(19)17-9-5-6-12(20-4)10(7-9)11-8-22-13(16)18-11/h5-8H,1-4H3,(H2,16,18)(H,17,19). The molecule has 118 valence electrons. The molecule has 3 N–H and O–H groups in total. The Morgan fingerprint density at radius 1 is 1.36 bits per heavy atom. The molecule has 0 fully saturated rings. The number of thiazole rings is 1. The van der Waals surface area contributed by atoms with Crippen molar-refractivity contribution >= 4 is 28.2 Å². The highest BCUT2D eigenvalue weighted by molar-refractivity contribution is 7.13. The number of nitrogens with two attached hydrogens (primary N) is 1. The minimum atomic E-state index is -0.553. The SMILES string of the molecule is COc1ccc(NC(=O)OC(C)(C)C)cc1-c1csc(N)n1. The number of nitrogen functional groups attached to an aromatic ring is 1. The number of carbonyl (C=O) groups is 1. The minimum absolute atomic E-state index is 0.475. The molecule has 0 bridgehead atoms. The largest absolute Gasteiger partial charge is 0.496 e. The lowest BCUT2D eigenvalue weighted by Crippen LogP contribution is -2.27. The number of aromatic nitrogens is 1. The fourth-order valence-electron chi connectivity index (χ4n) is 1.82. The van der Waals surface area contributed by atoms with Crippen LogP contribution < -0.4 is 15.8 Å². The lowest BCUT2D eigenvalue weighted by molar-refractivity contribution is 0.0636. The van der Waals surface area contributed by atoms with Gasteiger partial charge >= 0.3 is 6.09 Å². The molecule has 7 heteroatoms. The van der Waals surface area contributed by atoms with Gasteiger partial charge in [0.25, 0.3) is 0 Å². The van der Waals surface area contributed by atoms with Gasteiger partial charge in [0.15, 0.2) is 5.13 Å². The van der Waals surface area contributed by atoms with Gasteiger partial charge in [-0.2, -0.15) is 0 Å². The molecule has 0 radical (unpaired) electrons. The van der Waals surface area contributed by atoms with E-state index < -0.39 is 11.7 Å². The van der Waals surface area contributed by atoms with E-state index in [0.717, 1.165) is 5.56 Å². The molecule has 0 aliphatic rings. The van der Waals surface area contributed by atoms with E-state index in [9.17, 15) is 4.79 Å². The maximum absolute atomic E-state index is 11.8. The normalized spacial score (nSPS) is 11.1. The first kappa shape index (κ1) is 16.1. The fourth-order valence-corrected chi connectivity index (χ4v) is 2.38. The zero-order chi connectivity index (χ0) is 16.3. The number of amides is 1. The Balaban J connectivity index is 2.26. The number of nitrogens with one attached hydrogen (secondary N) is 1. The Hall–Kier alpha value is -2.28. The lowest BCUT2D eigenvalue weighted by Gasteiger charge is -2.20. The molecule has 22 heavy (non-hydrogen) atoms. The summed E-state index contributed by atoms with van der Waals surface area (Å²) in [6, 6.07) is 5.27. The Morgan fingerprint density at radius 2 is 2.09 bits per heavy atom. The van der Waals surface area contributed by atoms with Crippen LogP contribution in [-0.2, 0) is 4.74 Å². The predicted molar refractivity (Wildman–Crippen MR) is 88.4 cm³/mol. The van der Waals surface area contributed by atoms with Crippen LogP contribution in [0.5, 0.6) is 5.75 Å². The van der Waals surface area contributed by atoms with Gasteiger partial charge in [0.1, 0.15) is 11.4 Å². The van der Waals surface area contributed by atoms with Gasteiger partial charge in [0, 0.05) is 16.6 Å². The predicted octanol–water partition coefficient (Wildman–Crippen LogP) is 3.75. The Kier molecular flexibility index (Phi) is 4.56. The number of carbonyl (C=O) groups excluding carboxylic acids is 1. The van der Waals surface area contributed by atoms with Gasteiger partial charge in [0.2, 0.25) is 0 Å². The molecule has 0 aliphatic carbocycles. The molecule has 0 unspecified atom stereocenters. The van der Waals surface area contributed by atoms with Crippen LogP contribution in [0.15, 0.2) is 23.6 Å². The van der Waals surface area contributed by atoms with Crippen LogP contribution >= 0.6 is 11.3 Å². The number of anilines is 2. The quantitative estimate of drug-likeness (QED) is 0.899. The molecule has 1 aromatic heterocycles. The van der Waals surface area contributed by atoms with Crippen LogP contribution in [-0.4, -0.2) is 23.8 Å². The van der Waals surface area contributed by atoms with E-state index >= 15 is 0 Å². The number of rotatable bonds is 3. The summed E-state index contributed by atoms with van der Waals surface area (Å²) in [5.74, 6) is 0.653. The van der Waals surface area contributed by atoms with Crippen molar-refractivity contribution in [2.24, 2.45) is 0 Å². The second kappa shape index (κ2) is 6.23. The van der Waals surface area contributed by atoms with Gasteiger partial charge in [-0.25, -0.2) is 9.78 Å². The molecule has 2 rings (SSSR count). The maximum atomic E-state index is 11.8. The monoisotopic (exact) mass is 321 g/mol. The van der Waals surface area contributed by atoms with Crippen molar-refractivity contribution in [1.29, 1.82) is 0 Å². The number of benzene rings is 1. The topological polar surface area (TPSA) is 86.5 Å². The number of hydrogen-bond acceptors (Lipinski definition) is 6. The summed E-state index contributed by atoms with van der Waals surface area (Å²) in [6.07, 6.45) is -0.513. The lowest BCUT2D eigenvalue weighted by atomic mass is 10.1. The zero-order valence-corrected chi connectivity index (χ0v) is 13.8. The van der Waals surface area contributed by atoms with E-state index in [1.807, 2.05) is 26.2 Å². The van der Waals surface area contributed by atoms with E-state index in [2.05, 4.69) is 10.3 Å².